The number of anilines is 1. The Morgan fingerprint density at radius 1 is 1.19 bits per heavy atom. The van der Waals surface area contributed by atoms with E-state index in [1.165, 1.54) is 6.07 Å². The summed E-state index contributed by atoms with van der Waals surface area (Å²) < 4.78 is 68.1. The molecule has 11 heteroatoms. The fourth-order valence-electron chi connectivity index (χ4n) is 4.46. The monoisotopic (exact) mass is 515 g/mol. The Morgan fingerprint density at radius 2 is 1.86 bits per heavy atom. The van der Waals surface area contributed by atoms with Gasteiger partial charge in [0, 0.05) is 18.8 Å². The molecule has 1 aliphatic heterocycles. The average Bonchev–Trinajstić information content (AvgIpc) is 2.76. The molecule has 1 saturated heterocycles. The number of aliphatic hydroxyl groups excluding tert-OH is 1. The van der Waals surface area contributed by atoms with E-state index in [0.29, 0.717) is 5.69 Å². The first-order valence-electron chi connectivity index (χ1n) is 11.6. The number of nitrogens with zero attached hydrogens (tertiary/aromatic N) is 2. The van der Waals surface area contributed by atoms with Crippen LogP contribution < -0.4 is 10.1 Å². The van der Waals surface area contributed by atoms with Gasteiger partial charge < -0.3 is 20.1 Å². The highest BCUT2D eigenvalue weighted by molar-refractivity contribution is 6.01. The van der Waals surface area contributed by atoms with Crippen molar-refractivity contribution in [2.24, 2.45) is 0 Å². The Kier molecular flexibility index (Phi) is 8.55. The van der Waals surface area contributed by atoms with Crippen LogP contribution in [-0.4, -0.2) is 59.4 Å². The molecule has 1 unspecified atom stereocenters. The number of rotatable bonds is 10. The molecular formula is C25H30F5N3O3. The number of aliphatic hydroxyl groups is 1. The van der Waals surface area contributed by atoms with Crippen molar-refractivity contribution in [1.29, 1.82) is 0 Å². The zero-order valence-corrected chi connectivity index (χ0v) is 20.3. The van der Waals surface area contributed by atoms with Gasteiger partial charge in [-0.15, -0.1) is 0 Å². The summed E-state index contributed by atoms with van der Waals surface area (Å²) in [6.45, 7) is 3.14. The van der Waals surface area contributed by atoms with Crippen molar-refractivity contribution in [2.75, 3.05) is 25.0 Å². The Balaban J connectivity index is 1.84. The number of carbonyl (C=O) groups excluding carboxylic acids is 1. The number of aryl methyl sites for hydroxylation is 1. The molecule has 0 bridgehead atoms. The van der Waals surface area contributed by atoms with E-state index < -0.39 is 42.5 Å². The fraction of sp³-hybridized carbons (Fsp3) is 0.520. The zero-order valence-electron chi connectivity index (χ0n) is 20.3. The molecule has 3 rings (SSSR count). The molecule has 1 aromatic heterocycles. The predicted molar refractivity (Wildman–Crippen MR) is 124 cm³/mol. The SMILES string of the molecule is Cc1ccc(NC(=O)C2(c3ccccc3C(C)C)CN(CCCC(O)C(F)(F)F)C2)c(OC(F)F)n1. The van der Waals surface area contributed by atoms with E-state index in [2.05, 4.69) is 15.0 Å². The summed E-state index contributed by atoms with van der Waals surface area (Å²) in [5.74, 6) is -0.768. The number of ether oxygens (including phenoxy) is 1. The number of nitrogens with one attached hydrogen (secondary N) is 1. The third-order valence-electron chi connectivity index (χ3n) is 6.30. The van der Waals surface area contributed by atoms with Crippen LogP contribution in [0.3, 0.4) is 0 Å². The van der Waals surface area contributed by atoms with E-state index >= 15 is 0 Å². The molecule has 2 heterocycles. The van der Waals surface area contributed by atoms with Crippen molar-refractivity contribution < 1.29 is 36.6 Å². The van der Waals surface area contributed by atoms with Crippen LogP contribution in [0.2, 0.25) is 0 Å². The standard InChI is InChI=1S/C25H30F5N3O3/c1-15(2)17-7-4-5-8-18(17)24(13-33(14-24)12-6-9-20(34)25(28,29)30)22(35)32-19-11-10-16(3)31-21(19)36-23(26)27/h4-5,7-8,10-11,15,20,23,34H,6,9,12-14H2,1-3H3,(H,32,35). The first kappa shape index (κ1) is 27.8. The first-order chi connectivity index (χ1) is 16.8. The van der Waals surface area contributed by atoms with E-state index in [9.17, 15) is 31.9 Å². The number of hydrogen-bond donors (Lipinski definition) is 2. The van der Waals surface area contributed by atoms with E-state index in [1.54, 1.807) is 19.1 Å². The Morgan fingerprint density at radius 3 is 2.47 bits per heavy atom. The summed E-state index contributed by atoms with van der Waals surface area (Å²) in [4.78, 5) is 19.5. The van der Waals surface area contributed by atoms with Gasteiger partial charge >= 0.3 is 12.8 Å². The Labute approximate surface area is 206 Å². The molecule has 6 nitrogen and oxygen atoms in total. The molecule has 2 aromatic rings. The van der Waals surface area contributed by atoms with Gasteiger partial charge in [0.05, 0.1) is 5.41 Å². The van der Waals surface area contributed by atoms with Crippen molar-refractivity contribution in [3.63, 3.8) is 0 Å². The second-order valence-electron chi connectivity index (χ2n) is 9.37. The average molecular weight is 516 g/mol. The lowest BCUT2D eigenvalue weighted by Crippen LogP contribution is -2.65. The minimum atomic E-state index is -4.67. The smallest absolute Gasteiger partial charge is 0.414 e. The van der Waals surface area contributed by atoms with Gasteiger partial charge in [0.15, 0.2) is 0 Å². The van der Waals surface area contributed by atoms with Crippen molar-refractivity contribution in [1.82, 2.24) is 9.88 Å². The summed E-state index contributed by atoms with van der Waals surface area (Å²) in [6, 6.07) is 10.4. The highest BCUT2D eigenvalue weighted by Gasteiger charge is 2.51. The molecule has 1 fully saturated rings. The minimum Gasteiger partial charge on any atom is -0.415 e. The van der Waals surface area contributed by atoms with Gasteiger partial charge in [-0.1, -0.05) is 38.1 Å². The molecule has 2 N–H and O–H groups in total. The number of hydrogen-bond acceptors (Lipinski definition) is 5. The summed E-state index contributed by atoms with van der Waals surface area (Å²) in [5, 5.41) is 11.9. The van der Waals surface area contributed by atoms with Crippen LogP contribution in [-0.2, 0) is 10.2 Å². The van der Waals surface area contributed by atoms with Crippen molar-refractivity contribution in [3.05, 3.63) is 53.2 Å². The number of benzene rings is 1. The lowest BCUT2D eigenvalue weighted by atomic mass is 9.69. The maximum absolute atomic E-state index is 13.7. The van der Waals surface area contributed by atoms with Crippen LogP contribution in [0.5, 0.6) is 5.88 Å². The summed E-state index contributed by atoms with van der Waals surface area (Å²) >= 11 is 0. The molecule has 1 aromatic carbocycles. The lowest BCUT2D eigenvalue weighted by molar-refractivity contribution is -0.205. The van der Waals surface area contributed by atoms with E-state index in [4.69, 9.17) is 0 Å². The number of carbonyl (C=O) groups is 1. The van der Waals surface area contributed by atoms with Crippen molar-refractivity contribution >= 4 is 11.6 Å². The Bertz CT molecular complexity index is 1060. The molecule has 198 valence electrons. The third kappa shape index (κ3) is 6.31. The summed E-state index contributed by atoms with van der Waals surface area (Å²) in [7, 11) is 0. The van der Waals surface area contributed by atoms with Crippen LogP contribution in [0, 0.1) is 6.92 Å². The van der Waals surface area contributed by atoms with Crippen LogP contribution >= 0.6 is 0 Å². The number of alkyl halides is 5. The van der Waals surface area contributed by atoms with E-state index in [0.717, 1.165) is 11.1 Å². The molecule has 1 atom stereocenters. The van der Waals surface area contributed by atoms with Gasteiger partial charge in [-0.25, -0.2) is 4.98 Å². The predicted octanol–water partition coefficient (Wildman–Crippen LogP) is 5.01. The number of aromatic nitrogens is 1. The van der Waals surface area contributed by atoms with Crippen LogP contribution in [0.15, 0.2) is 36.4 Å². The summed E-state index contributed by atoms with van der Waals surface area (Å²) in [6.07, 6.45) is -7.41. The largest absolute Gasteiger partial charge is 0.415 e. The highest BCUT2D eigenvalue weighted by atomic mass is 19.4. The van der Waals surface area contributed by atoms with Crippen molar-refractivity contribution in [2.45, 2.75) is 63.8 Å². The van der Waals surface area contributed by atoms with Gasteiger partial charge in [0.2, 0.25) is 11.8 Å². The molecule has 0 spiro atoms. The maximum Gasteiger partial charge on any atom is 0.414 e. The van der Waals surface area contributed by atoms with E-state index in [1.807, 2.05) is 36.9 Å². The van der Waals surface area contributed by atoms with Gasteiger partial charge in [-0.3, -0.25) is 4.79 Å². The molecule has 1 amide bonds. The molecule has 0 aliphatic carbocycles. The molecular weight excluding hydrogens is 485 g/mol. The third-order valence-corrected chi connectivity index (χ3v) is 6.30. The van der Waals surface area contributed by atoms with Crippen LogP contribution in [0.4, 0.5) is 27.6 Å². The molecule has 0 radical (unpaired) electrons. The topological polar surface area (TPSA) is 74.7 Å². The summed E-state index contributed by atoms with van der Waals surface area (Å²) in [5.41, 5.74) is 1.07. The number of pyridine rings is 1. The van der Waals surface area contributed by atoms with Gasteiger partial charge in [0.1, 0.15) is 11.8 Å². The normalized spacial score (nSPS) is 16.6. The van der Waals surface area contributed by atoms with Crippen LogP contribution in [0.25, 0.3) is 0 Å². The number of likely N-dealkylation sites (tertiary alicyclic amines) is 1. The first-order valence-corrected chi connectivity index (χ1v) is 11.6. The number of halogens is 5. The Hall–Kier alpha value is -2.79. The van der Waals surface area contributed by atoms with Gasteiger partial charge in [0.25, 0.3) is 0 Å². The van der Waals surface area contributed by atoms with Crippen molar-refractivity contribution in [3.8, 4) is 5.88 Å². The second kappa shape index (κ2) is 11.1. The highest BCUT2D eigenvalue weighted by Crippen LogP contribution is 2.40. The zero-order chi connectivity index (χ0) is 26.7. The molecule has 36 heavy (non-hydrogen) atoms. The lowest BCUT2D eigenvalue weighted by Gasteiger charge is -2.50. The van der Waals surface area contributed by atoms with Gasteiger partial charge in [-0.2, -0.15) is 22.0 Å². The van der Waals surface area contributed by atoms with Gasteiger partial charge in [-0.05, 0) is 55.5 Å². The fourth-order valence-corrected chi connectivity index (χ4v) is 4.46. The minimum absolute atomic E-state index is 0.000877. The maximum atomic E-state index is 13.7. The van der Waals surface area contributed by atoms with E-state index in [-0.39, 0.29) is 37.7 Å². The quantitative estimate of drug-likeness (QED) is 0.435. The molecule has 0 saturated carbocycles. The second-order valence-corrected chi connectivity index (χ2v) is 9.37. The number of amides is 1. The molecule has 1 aliphatic rings. The van der Waals surface area contributed by atoms with Crippen LogP contribution in [0.1, 0.15) is 49.4 Å².